The number of nitrogens with two attached hydrogens (primary N) is 1. The van der Waals surface area contributed by atoms with Crippen LogP contribution in [0.5, 0.6) is 0 Å². The smallest absolute Gasteiger partial charge is 0.174 e. The summed E-state index contributed by atoms with van der Waals surface area (Å²) in [4.78, 5) is 8.81. The Bertz CT molecular complexity index is 791. The van der Waals surface area contributed by atoms with Crippen molar-refractivity contribution in [2.24, 2.45) is 0 Å². The fourth-order valence-corrected chi connectivity index (χ4v) is 2.34. The van der Waals surface area contributed by atoms with Gasteiger partial charge in [0.1, 0.15) is 0 Å². The van der Waals surface area contributed by atoms with Gasteiger partial charge in [-0.2, -0.15) is 0 Å². The molecule has 0 radical (unpaired) electrons. The molecular weight excluding hydrogens is 340 g/mol. The molecule has 0 atom stereocenters. The van der Waals surface area contributed by atoms with Gasteiger partial charge in [-0.05, 0) is 46.3 Å². The van der Waals surface area contributed by atoms with Crippen LogP contribution in [-0.2, 0) is 0 Å². The Morgan fingerprint density at radius 3 is 2.50 bits per heavy atom. The molecule has 0 bridgehead atoms. The zero-order valence-electron chi connectivity index (χ0n) is 10.3. The zero-order chi connectivity index (χ0) is 14.1. The van der Waals surface area contributed by atoms with Gasteiger partial charge in [0.2, 0.25) is 0 Å². The molecule has 0 aliphatic carbocycles. The van der Waals surface area contributed by atoms with E-state index in [0.29, 0.717) is 16.7 Å². The number of fused-ring (bicyclic) bond motifs is 1. The first kappa shape index (κ1) is 13.1. The van der Waals surface area contributed by atoms with Gasteiger partial charge in [-0.25, -0.2) is 9.97 Å². The van der Waals surface area contributed by atoms with E-state index < -0.39 is 0 Å². The van der Waals surface area contributed by atoms with Crippen molar-refractivity contribution in [1.82, 2.24) is 9.97 Å². The molecule has 6 heteroatoms. The van der Waals surface area contributed by atoms with Gasteiger partial charge in [0.25, 0.3) is 0 Å². The van der Waals surface area contributed by atoms with Crippen molar-refractivity contribution in [2.75, 3.05) is 11.1 Å². The Hall–Kier alpha value is -1.85. The second-order valence-electron chi connectivity index (χ2n) is 4.20. The Morgan fingerprint density at radius 2 is 1.75 bits per heavy atom. The van der Waals surface area contributed by atoms with Crippen molar-refractivity contribution in [3.63, 3.8) is 0 Å². The molecule has 20 heavy (non-hydrogen) atoms. The third kappa shape index (κ3) is 2.55. The summed E-state index contributed by atoms with van der Waals surface area (Å²) in [6.07, 6.45) is 0. The van der Waals surface area contributed by atoms with Crippen molar-refractivity contribution in [1.29, 1.82) is 0 Å². The Kier molecular flexibility index (Phi) is 3.46. The molecule has 0 aliphatic rings. The minimum Gasteiger partial charge on any atom is -0.381 e. The molecule has 0 fully saturated rings. The molecule has 2 aromatic carbocycles. The number of benzene rings is 2. The average molecular weight is 350 g/mol. The molecule has 0 saturated heterocycles. The third-order valence-electron chi connectivity index (χ3n) is 2.78. The van der Waals surface area contributed by atoms with Gasteiger partial charge in [0, 0.05) is 9.50 Å². The Morgan fingerprint density at radius 1 is 1.05 bits per heavy atom. The van der Waals surface area contributed by atoms with Crippen molar-refractivity contribution >= 4 is 55.9 Å². The maximum absolute atomic E-state index is 5.99. The molecule has 0 unspecified atom stereocenters. The first-order valence-corrected chi connectivity index (χ1v) is 7.05. The molecule has 4 nitrogen and oxygen atoms in total. The minimum absolute atomic E-state index is 0.343. The predicted molar refractivity (Wildman–Crippen MR) is 86.4 cm³/mol. The predicted octanol–water partition coefficient (Wildman–Crippen LogP) is 4.37. The van der Waals surface area contributed by atoms with Crippen LogP contribution in [0, 0.1) is 0 Å². The second-order valence-corrected chi connectivity index (χ2v) is 5.49. The maximum atomic E-state index is 5.99. The van der Waals surface area contributed by atoms with E-state index in [2.05, 4.69) is 31.2 Å². The largest absolute Gasteiger partial charge is 0.381 e. The number of nitrogens with zero attached hydrogens (tertiary/aromatic N) is 2. The summed E-state index contributed by atoms with van der Waals surface area (Å²) in [5, 5.41) is 3.77. The molecule has 1 heterocycles. The number of nitrogen functional groups attached to an aromatic ring is 1. The van der Waals surface area contributed by atoms with E-state index >= 15 is 0 Å². The maximum Gasteiger partial charge on any atom is 0.174 e. The van der Waals surface area contributed by atoms with Crippen molar-refractivity contribution < 1.29 is 0 Å². The first-order chi connectivity index (χ1) is 9.63. The molecule has 1 aromatic heterocycles. The molecule has 3 aromatic rings. The molecule has 0 amide bonds. The van der Waals surface area contributed by atoms with Crippen LogP contribution in [0.3, 0.4) is 0 Å². The van der Waals surface area contributed by atoms with Gasteiger partial charge < -0.3 is 11.1 Å². The summed E-state index contributed by atoms with van der Waals surface area (Å²) in [6.45, 7) is 0. The number of aromatic nitrogens is 2. The summed E-state index contributed by atoms with van der Waals surface area (Å²) in [6, 6.07) is 13.0. The van der Waals surface area contributed by atoms with Crippen LogP contribution in [0.4, 0.5) is 17.3 Å². The van der Waals surface area contributed by atoms with Crippen LogP contribution in [0.25, 0.3) is 11.0 Å². The standard InChI is InChI=1S/C14H10BrClN4/c15-9-6-5-8(16)7-12(9)20-14-13(17)18-10-3-1-2-4-11(10)19-14/h1-7H,(H2,17,18)(H,19,20). The second kappa shape index (κ2) is 5.26. The summed E-state index contributed by atoms with van der Waals surface area (Å²) < 4.78 is 0.872. The first-order valence-electron chi connectivity index (χ1n) is 5.88. The van der Waals surface area contributed by atoms with E-state index in [1.807, 2.05) is 30.3 Å². The highest BCUT2D eigenvalue weighted by Gasteiger charge is 2.08. The van der Waals surface area contributed by atoms with Crippen molar-refractivity contribution in [2.45, 2.75) is 0 Å². The van der Waals surface area contributed by atoms with Crippen LogP contribution in [0.2, 0.25) is 5.02 Å². The summed E-state index contributed by atoms with van der Waals surface area (Å²) in [7, 11) is 0. The highest BCUT2D eigenvalue weighted by molar-refractivity contribution is 9.10. The summed E-state index contributed by atoms with van der Waals surface area (Å²) in [5.41, 5.74) is 8.27. The van der Waals surface area contributed by atoms with Crippen molar-refractivity contribution in [3.05, 3.63) is 52.0 Å². The van der Waals surface area contributed by atoms with Crippen LogP contribution in [-0.4, -0.2) is 9.97 Å². The number of nitrogens with one attached hydrogen (secondary N) is 1. The lowest BCUT2D eigenvalue weighted by Crippen LogP contribution is -2.02. The highest BCUT2D eigenvalue weighted by atomic mass is 79.9. The molecule has 100 valence electrons. The number of halogens is 2. The molecule has 0 spiro atoms. The topological polar surface area (TPSA) is 63.8 Å². The average Bonchev–Trinajstić information content (AvgIpc) is 2.43. The summed E-state index contributed by atoms with van der Waals surface area (Å²) in [5.74, 6) is 0.849. The van der Waals surface area contributed by atoms with E-state index in [9.17, 15) is 0 Å². The quantitative estimate of drug-likeness (QED) is 0.721. The Balaban J connectivity index is 2.06. The van der Waals surface area contributed by atoms with Gasteiger partial charge in [-0.1, -0.05) is 23.7 Å². The fourth-order valence-electron chi connectivity index (χ4n) is 1.83. The highest BCUT2D eigenvalue weighted by Crippen LogP contribution is 2.30. The molecular formula is C14H10BrClN4. The minimum atomic E-state index is 0.343. The number of anilines is 3. The van der Waals surface area contributed by atoms with Crippen LogP contribution in [0.1, 0.15) is 0 Å². The lowest BCUT2D eigenvalue weighted by Gasteiger charge is -2.10. The van der Waals surface area contributed by atoms with E-state index in [0.717, 1.165) is 21.2 Å². The monoisotopic (exact) mass is 348 g/mol. The SMILES string of the molecule is Nc1nc2ccccc2nc1Nc1cc(Cl)ccc1Br. The van der Waals surface area contributed by atoms with Crippen LogP contribution >= 0.6 is 27.5 Å². The van der Waals surface area contributed by atoms with Gasteiger partial charge >= 0.3 is 0 Å². The lowest BCUT2D eigenvalue weighted by molar-refractivity contribution is 1.28. The van der Waals surface area contributed by atoms with Crippen LogP contribution in [0.15, 0.2) is 46.9 Å². The molecule has 3 N–H and O–H groups in total. The molecule has 0 saturated carbocycles. The summed E-state index contributed by atoms with van der Waals surface area (Å²) >= 11 is 9.44. The number of para-hydroxylation sites is 2. The van der Waals surface area contributed by atoms with E-state index in [-0.39, 0.29) is 0 Å². The van der Waals surface area contributed by atoms with Gasteiger partial charge in [0.15, 0.2) is 11.6 Å². The van der Waals surface area contributed by atoms with E-state index in [4.69, 9.17) is 17.3 Å². The lowest BCUT2D eigenvalue weighted by atomic mass is 10.3. The van der Waals surface area contributed by atoms with Crippen molar-refractivity contribution in [3.8, 4) is 0 Å². The van der Waals surface area contributed by atoms with E-state index in [1.54, 1.807) is 12.1 Å². The van der Waals surface area contributed by atoms with Gasteiger partial charge in [-0.3, -0.25) is 0 Å². The number of hydrogen-bond donors (Lipinski definition) is 2. The van der Waals surface area contributed by atoms with Gasteiger partial charge in [-0.15, -0.1) is 0 Å². The van der Waals surface area contributed by atoms with E-state index in [1.165, 1.54) is 0 Å². The fraction of sp³-hybridized carbons (Fsp3) is 0. The number of hydrogen-bond acceptors (Lipinski definition) is 4. The van der Waals surface area contributed by atoms with Gasteiger partial charge in [0.05, 0.1) is 16.7 Å². The third-order valence-corrected chi connectivity index (χ3v) is 3.71. The zero-order valence-corrected chi connectivity index (χ0v) is 12.6. The molecule has 3 rings (SSSR count). The van der Waals surface area contributed by atoms with Crippen LogP contribution < -0.4 is 11.1 Å². The number of rotatable bonds is 2. The Labute approximate surface area is 129 Å². The normalized spacial score (nSPS) is 10.7. The molecule has 0 aliphatic heterocycles.